The van der Waals surface area contributed by atoms with Crippen molar-refractivity contribution >= 4 is 9.17 Å². The topological polar surface area (TPSA) is 46.5 Å². The molecule has 38 valence electrons. The van der Waals surface area contributed by atoms with Crippen LogP contribution in [-0.4, -0.2) is 20.6 Å². The Hall–Kier alpha value is 0.240. The molecule has 0 aliphatic rings. The van der Waals surface area contributed by atoms with Crippen molar-refractivity contribution in [2.45, 2.75) is 6.92 Å². The third kappa shape index (κ3) is 10.7. The van der Waals surface area contributed by atoms with Crippen molar-refractivity contribution in [1.29, 1.82) is 0 Å². The summed E-state index contributed by atoms with van der Waals surface area (Å²) in [6.45, 7) is 1.98. The molecule has 0 unspecified atom stereocenters. The molecule has 0 fully saturated rings. The molecule has 0 rings (SSSR count). The maximum atomic E-state index is 9.56. The van der Waals surface area contributed by atoms with E-state index in [1.54, 1.807) is 6.92 Å². The first-order valence-corrected chi connectivity index (χ1v) is 2.89. The Kier molecular flexibility index (Phi) is 9.15. The van der Waals surface area contributed by atoms with Crippen LogP contribution in [0.4, 0.5) is 0 Å². The van der Waals surface area contributed by atoms with Gasteiger partial charge in [0.25, 0.3) is 0 Å². The van der Waals surface area contributed by atoms with Crippen molar-refractivity contribution in [3.8, 4) is 0 Å². The monoisotopic (exact) mass is 170 g/mol. The van der Waals surface area contributed by atoms with E-state index in [2.05, 4.69) is 4.43 Å². The summed E-state index contributed by atoms with van der Waals surface area (Å²) >= 11 is 0. The van der Waals surface area contributed by atoms with Gasteiger partial charge in [0.15, 0.2) is 0 Å². The van der Waals surface area contributed by atoms with Crippen LogP contribution in [0.1, 0.15) is 6.92 Å². The summed E-state index contributed by atoms with van der Waals surface area (Å²) in [5.41, 5.74) is 0. The van der Waals surface area contributed by atoms with Crippen molar-refractivity contribution in [2.75, 3.05) is 6.61 Å². The maximum absolute atomic E-state index is 9.56. The molecule has 0 aromatic heterocycles. The molecular formula is C2H6O3SiZn. The van der Waals surface area contributed by atoms with Gasteiger partial charge in [-0.3, -0.25) is 4.46 Å². The van der Waals surface area contributed by atoms with E-state index in [9.17, 15) is 4.46 Å². The Balaban J connectivity index is 0. The molecule has 0 bridgehead atoms. The summed E-state index contributed by atoms with van der Waals surface area (Å²) in [5, 5.41) is 0. The third-order valence-electron chi connectivity index (χ3n) is 0.268. The Morgan fingerprint density at radius 3 is 2.29 bits per heavy atom. The van der Waals surface area contributed by atoms with Crippen LogP contribution >= 0.6 is 0 Å². The van der Waals surface area contributed by atoms with E-state index in [0.29, 0.717) is 6.61 Å². The predicted octanol–water partition coefficient (Wildman–Crippen LogP) is -0.572. The van der Waals surface area contributed by atoms with E-state index in [-0.39, 0.29) is 19.5 Å². The van der Waals surface area contributed by atoms with Crippen LogP contribution < -0.4 is 0 Å². The fraction of sp³-hybridized carbons (Fsp3) is 1.00. The van der Waals surface area contributed by atoms with Crippen molar-refractivity contribution in [2.24, 2.45) is 0 Å². The first kappa shape index (κ1) is 10.3. The largest absolute Gasteiger partial charge is 0.764 e. The molecule has 0 saturated carbocycles. The minimum absolute atomic E-state index is 0. The summed E-state index contributed by atoms with van der Waals surface area (Å²) in [4.78, 5) is 7.88. The standard InChI is InChI=1S/C2H6O3Si.Zn/c1-2-5-6(3)4;/h3H,2H2,1H3;. The molecule has 0 spiro atoms. The maximum Gasteiger partial charge on any atom is 0.764 e. The van der Waals surface area contributed by atoms with Gasteiger partial charge in [-0.05, 0) is 6.92 Å². The summed E-state index contributed by atoms with van der Waals surface area (Å²) in [7, 11) is -2.64. The summed E-state index contributed by atoms with van der Waals surface area (Å²) in [6, 6.07) is 0. The molecule has 0 amide bonds. The molecule has 7 heavy (non-hydrogen) atoms. The minimum Gasteiger partial charge on any atom is -0.511 e. The minimum atomic E-state index is -2.64. The second kappa shape index (κ2) is 6.24. The predicted molar refractivity (Wildman–Crippen MR) is 20.3 cm³/mol. The van der Waals surface area contributed by atoms with E-state index in [4.69, 9.17) is 4.80 Å². The van der Waals surface area contributed by atoms with Gasteiger partial charge in [0, 0.05) is 19.5 Å². The molecular weight excluding hydrogens is 165 g/mol. The van der Waals surface area contributed by atoms with Gasteiger partial charge in [0.05, 0.1) is 6.61 Å². The molecule has 0 atom stereocenters. The van der Waals surface area contributed by atoms with Gasteiger partial charge in [0.2, 0.25) is 0 Å². The molecule has 1 N–H and O–H groups in total. The van der Waals surface area contributed by atoms with Crippen molar-refractivity contribution in [3.63, 3.8) is 0 Å². The summed E-state index contributed by atoms with van der Waals surface area (Å²) in [6.07, 6.45) is 0. The zero-order chi connectivity index (χ0) is 4.99. The second-order valence-electron chi connectivity index (χ2n) is 0.699. The smallest absolute Gasteiger partial charge is 0.511 e. The molecule has 0 aromatic carbocycles. The zero-order valence-electron chi connectivity index (χ0n) is 4.18. The summed E-state index contributed by atoms with van der Waals surface area (Å²) < 4.78 is 13.7. The number of hydrogen-bond donors (Lipinski definition) is 1. The molecule has 0 aliphatic carbocycles. The fourth-order valence-corrected chi connectivity index (χ4v) is 0.370. The van der Waals surface area contributed by atoms with Crippen molar-refractivity contribution in [1.82, 2.24) is 0 Å². The van der Waals surface area contributed by atoms with Gasteiger partial charge < -0.3 is 9.22 Å². The van der Waals surface area contributed by atoms with E-state index >= 15 is 0 Å². The zero-order valence-corrected chi connectivity index (χ0v) is 8.15. The second-order valence-corrected chi connectivity index (χ2v) is 1.52. The van der Waals surface area contributed by atoms with Gasteiger partial charge in [-0.25, -0.2) is 0 Å². The van der Waals surface area contributed by atoms with Gasteiger partial charge in [-0.1, -0.05) is 0 Å². The quantitative estimate of drug-likeness (QED) is 0.566. The van der Waals surface area contributed by atoms with Crippen molar-refractivity contribution in [3.05, 3.63) is 0 Å². The van der Waals surface area contributed by atoms with Crippen LogP contribution in [0.15, 0.2) is 0 Å². The Bertz CT molecular complexity index is 56.9. The SMILES string of the molecule is CCO[Si](=O)O.[Zn]. The van der Waals surface area contributed by atoms with Gasteiger partial charge in [-0.2, -0.15) is 0 Å². The van der Waals surface area contributed by atoms with Gasteiger partial charge in [-0.15, -0.1) is 0 Å². The first-order chi connectivity index (χ1) is 2.77. The molecule has 0 saturated heterocycles. The van der Waals surface area contributed by atoms with Crippen molar-refractivity contribution < 1.29 is 33.2 Å². The third-order valence-corrected chi connectivity index (χ3v) is 0.803. The molecule has 0 aromatic rings. The normalized spacial score (nSPS) is 6.43. The molecule has 0 aliphatic heterocycles. The number of hydrogen-bond acceptors (Lipinski definition) is 2. The Morgan fingerprint density at radius 2 is 2.29 bits per heavy atom. The molecule has 0 radical (unpaired) electrons. The fourth-order valence-electron chi connectivity index (χ4n) is 0.123. The van der Waals surface area contributed by atoms with E-state index in [1.807, 2.05) is 0 Å². The van der Waals surface area contributed by atoms with E-state index in [0.717, 1.165) is 0 Å². The molecule has 3 nitrogen and oxygen atoms in total. The molecule has 0 heterocycles. The van der Waals surface area contributed by atoms with E-state index < -0.39 is 9.17 Å². The Morgan fingerprint density at radius 1 is 1.86 bits per heavy atom. The van der Waals surface area contributed by atoms with Crippen LogP contribution in [0.2, 0.25) is 0 Å². The Labute approximate surface area is 56.3 Å². The van der Waals surface area contributed by atoms with Gasteiger partial charge >= 0.3 is 9.17 Å². The van der Waals surface area contributed by atoms with Crippen LogP contribution in [0.5, 0.6) is 0 Å². The summed E-state index contributed by atoms with van der Waals surface area (Å²) in [5.74, 6) is 0. The van der Waals surface area contributed by atoms with Crippen LogP contribution in [0.3, 0.4) is 0 Å². The van der Waals surface area contributed by atoms with Crippen LogP contribution in [0, 0.1) is 0 Å². The first-order valence-electron chi connectivity index (χ1n) is 1.63. The van der Waals surface area contributed by atoms with E-state index in [1.165, 1.54) is 0 Å². The average Bonchev–Trinajstić information content (AvgIpc) is 1.35. The average molecular weight is 172 g/mol. The van der Waals surface area contributed by atoms with Gasteiger partial charge in [0.1, 0.15) is 0 Å². The van der Waals surface area contributed by atoms with Crippen LogP contribution in [0.25, 0.3) is 0 Å². The molecule has 5 heteroatoms. The number of rotatable bonds is 2. The van der Waals surface area contributed by atoms with Crippen LogP contribution in [-0.2, 0) is 28.4 Å².